The van der Waals surface area contributed by atoms with Crippen molar-refractivity contribution in [1.82, 2.24) is 4.90 Å². The molecule has 5 rings (SSSR count). The molecule has 0 fully saturated rings. The van der Waals surface area contributed by atoms with Gasteiger partial charge in [-0.25, -0.2) is 0 Å². The van der Waals surface area contributed by atoms with E-state index in [9.17, 15) is 4.79 Å². The summed E-state index contributed by atoms with van der Waals surface area (Å²) in [6, 6.07) is 21.2. The maximum absolute atomic E-state index is 13.2. The number of nitrogens with zero attached hydrogens (tertiary/aromatic N) is 1. The van der Waals surface area contributed by atoms with E-state index >= 15 is 0 Å². The molecule has 0 bridgehead atoms. The van der Waals surface area contributed by atoms with Crippen molar-refractivity contribution in [2.45, 2.75) is 12.7 Å². The first-order valence-electron chi connectivity index (χ1n) is 9.42. The van der Waals surface area contributed by atoms with E-state index in [2.05, 4.69) is 5.32 Å². The van der Waals surface area contributed by atoms with Crippen molar-refractivity contribution in [3.63, 3.8) is 0 Å². The largest absolute Gasteiger partial charge is 0.497 e. The molecular formula is C23H20N2O4. The smallest absolute Gasteiger partial charge is 0.256 e. The SMILES string of the molecule is COc1cccc(N[C@H]2c3ccccc3C(=O)N2Cc2ccc3c(c2)OCO3)c1. The van der Waals surface area contributed by atoms with Crippen LogP contribution < -0.4 is 19.5 Å². The third-order valence-corrected chi connectivity index (χ3v) is 5.22. The number of ether oxygens (including phenoxy) is 3. The molecule has 0 saturated carbocycles. The van der Waals surface area contributed by atoms with Gasteiger partial charge in [-0.2, -0.15) is 0 Å². The van der Waals surface area contributed by atoms with E-state index in [0.717, 1.165) is 28.3 Å². The Morgan fingerprint density at radius 3 is 2.79 bits per heavy atom. The van der Waals surface area contributed by atoms with Crippen LogP contribution >= 0.6 is 0 Å². The molecule has 6 heteroatoms. The quantitative estimate of drug-likeness (QED) is 0.710. The maximum Gasteiger partial charge on any atom is 0.256 e. The maximum atomic E-state index is 13.2. The molecule has 1 atom stereocenters. The number of methoxy groups -OCH3 is 1. The third-order valence-electron chi connectivity index (χ3n) is 5.22. The van der Waals surface area contributed by atoms with E-state index in [0.29, 0.717) is 17.9 Å². The van der Waals surface area contributed by atoms with Crippen molar-refractivity contribution in [2.24, 2.45) is 0 Å². The normalized spacial score (nSPS) is 16.7. The lowest BCUT2D eigenvalue weighted by Crippen LogP contribution is -2.31. The number of rotatable bonds is 5. The topological polar surface area (TPSA) is 60.0 Å². The number of carbonyl (C=O) groups excluding carboxylic acids is 1. The fourth-order valence-corrected chi connectivity index (χ4v) is 3.80. The molecular weight excluding hydrogens is 368 g/mol. The molecule has 29 heavy (non-hydrogen) atoms. The van der Waals surface area contributed by atoms with Gasteiger partial charge in [0.25, 0.3) is 5.91 Å². The predicted octanol–water partition coefficient (Wildman–Crippen LogP) is 4.19. The van der Waals surface area contributed by atoms with Crippen molar-refractivity contribution in [3.05, 3.63) is 83.4 Å². The summed E-state index contributed by atoms with van der Waals surface area (Å²) in [5.41, 5.74) is 3.54. The molecule has 1 amide bonds. The molecule has 0 aromatic heterocycles. The number of anilines is 1. The van der Waals surface area contributed by atoms with Crippen molar-refractivity contribution in [3.8, 4) is 17.2 Å². The summed E-state index contributed by atoms with van der Waals surface area (Å²) in [4.78, 5) is 15.0. The first-order valence-corrected chi connectivity index (χ1v) is 9.42. The molecule has 0 radical (unpaired) electrons. The Morgan fingerprint density at radius 2 is 1.90 bits per heavy atom. The summed E-state index contributed by atoms with van der Waals surface area (Å²) in [5.74, 6) is 2.20. The average molecular weight is 388 g/mol. The Balaban J connectivity index is 1.48. The summed E-state index contributed by atoms with van der Waals surface area (Å²) in [7, 11) is 1.64. The Bertz CT molecular complexity index is 1080. The lowest BCUT2D eigenvalue weighted by atomic mass is 10.1. The van der Waals surface area contributed by atoms with Crippen molar-refractivity contribution in [2.75, 3.05) is 19.2 Å². The van der Waals surface area contributed by atoms with Crippen LogP contribution in [0.5, 0.6) is 17.2 Å². The Labute approximate surface area is 168 Å². The van der Waals surface area contributed by atoms with Crippen molar-refractivity contribution >= 4 is 11.6 Å². The van der Waals surface area contributed by atoms with Crippen LogP contribution in [0.3, 0.4) is 0 Å². The van der Waals surface area contributed by atoms with Crippen LogP contribution in [-0.4, -0.2) is 24.7 Å². The molecule has 3 aromatic carbocycles. The number of hydrogen-bond acceptors (Lipinski definition) is 5. The van der Waals surface area contributed by atoms with E-state index in [1.807, 2.05) is 71.6 Å². The summed E-state index contributed by atoms with van der Waals surface area (Å²) in [6.45, 7) is 0.679. The summed E-state index contributed by atoms with van der Waals surface area (Å²) >= 11 is 0. The van der Waals surface area contributed by atoms with E-state index in [1.54, 1.807) is 7.11 Å². The number of benzene rings is 3. The van der Waals surface area contributed by atoms with Crippen LogP contribution in [0.1, 0.15) is 27.7 Å². The van der Waals surface area contributed by atoms with Crippen LogP contribution in [0.15, 0.2) is 66.7 Å². The lowest BCUT2D eigenvalue weighted by Gasteiger charge is -2.27. The van der Waals surface area contributed by atoms with E-state index in [4.69, 9.17) is 14.2 Å². The number of fused-ring (bicyclic) bond motifs is 2. The van der Waals surface area contributed by atoms with Gasteiger partial charge < -0.3 is 24.4 Å². The second-order valence-corrected chi connectivity index (χ2v) is 6.99. The monoisotopic (exact) mass is 388 g/mol. The van der Waals surface area contributed by atoms with Crippen LogP contribution in [-0.2, 0) is 6.54 Å². The molecule has 0 aliphatic carbocycles. The first-order chi connectivity index (χ1) is 14.2. The highest BCUT2D eigenvalue weighted by Crippen LogP contribution is 2.38. The zero-order chi connectivity index (χ0) is 19.8. The summed E-state index contributed by atoms with van der Waals surface area (Å²) in [6.07, 6.45) is -0.281. The van der Waals surface area contributed by atoms with Gasteiger partial charge in [0.1, 0.15) is 11.9 Å². The minimum Gasteiger partial charge on any atom is -0.497 e. The van der Waals surface area contributed by atoms with Crippen LogP contribution in [0, 0.1) is 0 Å². The molecule has 1 N–H and O–H groups in total. The Kier molecular flexibility index (Phi) is 4.24. The standard InChI is InChI=1S/C23H20N2O4/c1-27-17-6-4-5-16(12-17)24-22-18-7-2-3-8-19(18)23(26)25(22)13-15-9-10-20-21(11-15)29-14-28-20/h2-12,22,24H,13-14H2,1H3/t22-/m1/s1. The Morgan fingerprint density at radius 1 is 1.03 bits per heavy atom. The highest BCUT2D eigenvalue weighted by atomic mass is 16.7. The van der Waals surface area contributed by atoms with Crippen molar-refractivity contribution in [1.29, 1.82) is 0 Å². The minimum atomic E-state index is -0.281. The molecule has 2 aliphatic heterocycles. The summed E-state index contributed by atoms with van der Waals surface area (Å²) < 4.78 is 16.2. The highest BCUT2D eigenvalue weighted by molar-refractivity contribution is 5.99. The molecule has 146 valence electrons. The van der Waals surface area contributed by atoms with Gasteiger partial charge in [0.15, 0.2) is 11.5 Å². The molecule has 6 nitrogen and oxygen atoms in total. The predicted molar refractivity (Wildman–Crippen MR) is 108 cm³/mol. The fourth-order valence-electron chi connectivity index (χ4n) is 3.80. The second kappa shape index (κ2) is 7.05. The van der Waals surface area contributed by atoms with Gasteiger partial charge in [-0.1, -0.05) is 30.3 Å². The molecule has 2 aliphatic rings. The highest BCUT2D eigenvalue weighted by Gasteiger charge is 2.36. The van der Waals surface area contributed by atoms with Gasteiger partial charge >= 0.3 is 0 Å². The molecule has 3 aromatic rings. The van der Waals surface area contributed by atoms with Gasteiger partial charge in [-0.15, -0.1) is 0 Å². The van der Waals surface area contributed by atoms with Crippen LogP contribution in [0.4, 0.5) is 5.69 Å². The molecule has 0 unspecified atom stereocenters. The van der Waals surface area contributed by atoms with Gasteiger partial charge in [0, 0.05) is 29.4 Å². The second-order valence-electron chi connectivity index (χ2n) is 6.99. The molecule has 0 saturated heterocycles. The van der Waals surface area contributed by atoms with Gasteiger partial charge in [0.2, 0.25) is 6.79 Å². The number of carbonyl (C=O) groups is 1. The van der Waals surface area contributed by atoms with E-state index in [1.165, 1.54) is 0 Å². The first kappa shape index (κ1) is 17.4. The van der Waals surface area contributed by atoms with Gasteiger partial charge in [0.05, 0.1) is 7.11 Å². The fraction of sp³-hybridized carbons (Fsp3) is 0.174. The summed E-state index contributed by atoms with van der Waals surface area (Å²) in [5, 5.41) is 3.49. The third kappa shape index (κ3) is 3.12. The van der Waals surface area contributed by atoms with Crippen molar-refractivity contribution < 1.29 is 19.0 Å². The van der Waals surface area contributed by atoms with Gasteiger partial charge in [-0.3, -0.25) is 4.79 Å². The Hall–Kier alpha value is -3.67. The van der Waals surface area contributed by atoms with E-state index in [-0.39, 0.29) is 18.9 Å². The van der Waals surface area contributed by atoms with Crippen LogP contribution in [0.25, 0.3) is 0 Å². The number of nitrogens with one attached hydrogen (secondary N) is 1. The van der Waals surface area contributed by atoms with Crippen LogP contribution in [0.2, 0.25) is 0 Å². The number of amides is 1. The van der Waals surface area contributed by atoms with Gasteiger partial charge in [-0.05, 0) is 35.9 Å². The average Bonchev–Trinajstić information content (AvgIpc) is 3.32. The number of hydrogen-bond donors (Lipinski definition) is 1. The zero-order valence-electron chi connectivity index (χ0n) is 15.9. The van der Waals surface area contributed by atoms with E-state index < -0.39 is 0 Å². The molecule has 0 spiro atoms. The lowest BCUT2D eigenvalue weighted by molar-refractivity contribution is 0.0728. The zero-order valence-corrected chi connectivity index (χ0v) is 15.9. The minimum absolute atomic E-state index is 0.00124. The molecule has 2 heterocycles.